The molecule has 0 spiro atoms. The van der Waals surface area contributed by atoms with Crippen molar-refractivity contribution in [1.82, 2.24) is 0 Å². The van der Waals surface area contributed by atoms with E-state index in [0.717, 1.165) is 24.3 Å². The van der Waals surface area contributed by atoms with E-state index >= 15 is 0 Å². The Hall–Kier alpha value is -3.51. The minimum Gasteiger partial charge on any atom is -0.507 e. The van der Waals surface area contributed by atoms with Crippen LogP contribution >= 0.6 is 0 Å². The van der Waals surface area contributed by atoms with E-state index in [9.17, 15) is 55.9 Å². The van der Waals surface area contributed by atoms with E-state index in [4.69, 9.17) is 18.6 Å². The molecule has 2 saturated heterocycles. The number of aromatic hydroxyl groups is 4. The molecule has 0 radical (unpaired) electrons. The summed E-state index contributed by atoms with van der Waals surface area (Å²) >= 11 is 0. The quantitative estimate of drug-likeness (QED) is 0.150. The second kappa shape index (κ2) is 11.1. The van der Waals surface area contributed by atoms with E-state index in [1.165, 1.54) is 6.07 Å². The lowest BCUT2D eigenvalue weighted by atomic mass is 9.89. The smallest absolute Gasteiger partial charge is 0.197 e. The summed E-state index contributed by atoms with van der Waals surface area (Å²) in [6, 6.07) is 5.60. The highest BCUT2D eigenvalue weighted by molar-refractivity contribution is 5.88. The molecular weight excluding hydrogens is 552 g/mol. The molecule has 1 aromatic heterocycles. The Balaban J connectivity index is 1.59. The number of phenols is 4. The first-order valence-corrected chi connectivity index (χ1v) is 12.4. The number of phenolic OH excluding ortho intramolecular Hbond substituents is 4. The van der Waals surface area contributed by atoms with Crippen LogP contribution in [0.2, 0.25) is 0 Å². The van der Waals surface area contributed by atoms with E-state index in [-0.39, 0.29) is 16.9 Å². The van der Waals surface area contributed by atoms with Crippen molar-refractivity contribution in [3.63, 3.8) is 0 Å². The highest BCUT2D eigenvalue weighted by atomic mass is 16.7. The minimum atomic E-state index is -1.87. The summed E-state index contributed by atoms with van der Waals surface area (Å²) in [5, 5.41) is 102. The molecule has 3 heterocycles. The number of aliphatic hydroxyl groups excluding tert-OH is 6. The first kappa shape index (κ1) is 29.0. The average Bonchev–Trinajstić information content (AvgIpc) is 2.93. The van der Waals surface area contributed by atoms with Crippen LogP contribution in [0.5, 0.6) is 23.0 Å². The summed E-state index contributed by atoms with van der Waals surface area (Å²) in [5.74, 6) is -2.55. The maximum Gasteiger partial charge on any atom is 0.197 e. The maximum absolute atomic E-state index is 13.1. The molecule has 41 heavy (non-hydrogen) atoms. The van der Waals surface area contributed by atoms with Crippen molar-refractivity contribution in [2.75, 3.05) is 13.2 Å². The van der Waals surface area contributed by atoms with Crippen LogP contribution in [0, 0.1) is 0 Å². The maximum atomic E-state index is 13.1. The molecule has 0 aliphatic carbocycles. The molecule has 2 aromatic carbocycles. The van der Waals surface area contributed by atoms with Crippen LogP contribution in [0.25, 0.3) is 22.3 Å². The summed E-state index contributed by atoms with van der Waals surface area (Å²) in [6.07, 6.45) is -15.1. The van der Waals surface area contributed by atoms with Gasteiger partial charge in [0.15, 0.2) is 23.2 Å². The topological polar surface area (TPSA) is 260 Å². The van der Waals surface area contributed by atoms with Crippen LogP contribution < -0.4 is 5.43 Å². The summed E-state index contributed by atoms with van der Waals surface area (Å²) < 4.78 is 22.2. The van der Waals surface area contributed by atoms with Gasteiger partial charge in [0.05, 0.1) is 18.8 Å². The summed E-state index contributed by atoms with van der Waals surface area (Å²) in [5.41, 5.74) is -1.41. The van der Waals surface area contributed by atoms with Gasteiger partial charge < -0.3 is 69.7 Å². The lowest BCUT2D eigenvalue weighted by Crippen LogP contribution is -2.60. The Morgan fingerprint density at radius 1 is 0.854 bits per heavy atom. The van der Waals surface area contributed by atoms with Crippen molar-refractivity contribution in [2.24, 2.45) is 0 Å². The van der Waals surface area contributed by atoms with Crippen molar-refractivity contribution in [1.29, 1.82) is 0 Å². The number of aliphatic hydroxyl groups is 6. The van der Waals surface area contributed by atoms with Crippen molar-refractivity contribution >= 4 is 11.0 Å². The number of benzene rings is 2. The Bertz CT molecular complexity index is 1490. The molecular formula is C26H28O15. The molecule has 5 rings (SSSR count). The van der Waals surface area contributed by atoms with Crippen LogP contribution in [0.3, 0.4) is 0 Å². The zero-order valence-corrected chi connectivity index (χ0v) is 21.0. The van der Waals surface area contributed by atoms with Crippen LogP contribution in [0.15, 0.2) is 39.5 Å². The zero-order valence-electron chi connectivity index (χ0n) is 21.0. The van der Waals surface area contributed by atoms with Gasteiger partial charge in [-0.2, -0.15) is 0 Å². The van der Waals surface area contributed by atoms with Gasteiger partial charge in [0.1, 0.15) is 77.1 Å². The van der Waals surface area contributed by atoms with E-state index < -0.39 is 108 Å². The third-order valence-corrected chi connectivity index (χ3v) is 7.17. The van der Waals surface area contributed by atoms with Gasteiger partial charge in [-0.25, -0.2) is 0 Å². The van der Waals surface area contributed by atoms with Crippen LogP contribution in [-0.4, -0.2) is 113 Å². The molecule has 0 unspecified atom stereocenters. The van der Waals surface area contributed by atoms with Crippen molar-refractivity contribution in [3.8, 4) is 34.3 Å². The fourth-order valence-electron chi connectivity index (χ4n) is 4.93. The van der Waals surface area contributed by atoms with Gasteiger partial charge in [0, 0.05) is 17.7 Å². The van der Waals surface area contributed by atoms with Gasteiger partial charge in [-0.1, -0.05) is 0 Å². The Morgan fingerprint density at radius 2 is 1.59 bits per heavy atom. The van der Waals surface area contributed by atoms with Crippen LogP contribution in [0.4, 0.5) is 0 Å². The largest absolute Gasteiger partial charge is 0.507 e. The summed E-state index contributed by atoms with van der Waals surface area (Å²) in [7, 11) is 0. The second-order valence-corrected chi connectivity index (χ2v) is 9.82. The van der Waals surface area contributed by atoms with Gasteiger partial charge in [0.25, 0.3) is 0 Å². The van der Waals surface area contributed by atoms with Crippen LogP contribution in [0.1, 0.15) is 11.7 Å². The third-order valence-electron chi connectivity index (χ3n) is 7.17. The number of ether oxygens (including phenoxy) is 3. The Kier molecular flexibility index (Phi) is 7.82. The van der Waals surface area contributed by atoms with E-state index in [1.807, 2.05) is 0 Å². The predicted octanol–water partition coefficient (Wildman–Crippen LogP) is -1.74. The standard InChI is InChI=1S/C26H28O15/c27-6-16-20(34)22(36)25(41-26-23(37)19(33)13(32)7-38-26)24(40-16)18-12(31)5-15-17(21(18)35)11(30)4-14(39-15)8-1-2-9(28)10(29)3-8/h1-5,13,16,19-20,22-29,31-37H,6-7H2/t13-,16+,19-,20+,22-,23+,24-,25+,26-/m0/s1. The van der Waals surface area contributed by atoms with Crippen molar-refractivity contribution in [2.45, 2.75) is 55.1 Å². The normalized spacial score (nSPS) is 32.3. The van der Waals surface area contributed by atoms with Gasteiger partial charge in [-0.3, -0.25) is 4.79 Å². The van der Waals surface area contributed by atoms with Gasteiger partial charge >= 0.3 is 0 Å². The lowest BCUT2D eigenvalue weighted by molar-refractivity contribution is -0.325. The third kappa shape index (κ3) is 5.07. The van der Waals surface area contributed by atoms with Crippen LogP contribution in [-0.2, 0) is 14.2 Å². The molecule has 0 saturated carbocycles. The molecule has 222 valence electrons. The highest BCUT2D eigenvalue weighted by Gasteiger charge is 2.50. The molecule has 10 N–H and O–H groups in total. The lowest BCUT2D eigenvalue weighted by Gasteiger charge is -2.45. The van der Waals surface area contributed by atoms with E-state index in [2.05, 4.69) is 0 Å². The van der Waals surface area contributed by atoms with Gasteiger partial charge in [0.2, 0.25) is 0 Å². The first-order valence-electron chi connectivity index (χ1n) is 12.4. The molecule has 9 atom stereocenters. The number of hydrogen-bond acceptors (Lipinski definition) is 15. The molecule has 0 bridgehead atoms. The minimum absolute atomic E-state index is 0.0810. The molecule has 3 aromatic rings. The fraction of sp³-hybridized carbons (Fsp3) is 0.423. The molecule has 2 aliphatic rings. The zero-order chi connectivity index (χ0) is 29.7. The van der Waals surface area contributed by atoms with Crippen molar-refractivity contribution < 1.29 is 69.7 Å². The fourth-order valence-corrected chi connectivity index (χ4v) is 4.93. The molecule has 15 nitrogen and oxygen atoms in total. The first-order chi connectivity index (χ1) is 19.4. The Morgan fingerprint density at radius 3 is 2.27 bits per heavy atom. The predicted molar refractivity (Wildman–Crippen MR) is 134 cm³/mol. The SMILES string of the molecule is O=c1cc(-c2ccc(O)c(O)c2)oc2cc(O)c([C@@H]3O[C@H](CO)[C@@H](O)[C@H](O)[C@H]3O[C@@H]3OC[C@H](O)[C@H](O)[C@H]3O)c(O)c12. The second-order valence-electron chi connectivity index (χ2n) is 9.82. The average molecular weight is 580 g/mol. The summed E-state index contributed by atoms with van der Waals surface area (Å²) in [4.78, 5) is 13.1. The van der Waals surface area contributed by atoms with E-state index in [0.29, 0.717) is 0 Å². The molecule has 2 fully saturated rings. The van der Waals surface area contributed by atoms with Crippen molar-refractivity contribution in [3.05, 3.63) is 46.1 Å². The monoisotopic (exact) mass is 580 g/mol. The molecule has 15 heteroatoms. The molecule has 2 aliphatic heterocycles. The number of fused-ring (bicyclic) bond motifs is 1. The molecule has 0 amide bonds. The Labute approximate surface area is 229 Å². The highest BCUT2D eigenvalue weighted by Crippen LogP contribution is 2.46. The summed E-state index contributed by atoms with van der Waals surface area (Å²) in [6.45, 7) is -1.28. The van der Waals surface area contributed by atoms with E-state index in [1.54, 1.807) is 0 Å². The van der Waals surface area contributed by atoms with Gasteiger partial charge in [-0.15, -0.1) is 0 Å². The van der Waals surface area contributed by atoms with Gasteiger partial charge in [-0.05, 0) is 18.2 Å². The number of hydrogen-bond donors (Lipinski definition) is 10. The number of rotatable bonds is 5.